The predicted molar refractivity (Wildman–Crippen MR) is 62.5 cm³/mol. The maximum atomic E-state index is 5.92. The molecular formula is C10H13Cl2N3. The van der Waals surface area contributed by atoms with Crippen molar-refractivity contribution in [3.63, 3.8) is 0 Å². The highest BCUT2D eigenvalue weighted by atomic mass is 35.5. The van der Waals surface area contributed by atoms with E-state index >= 15 is 0 Å². The molecule has 1 N–H and O–H groups in total. The summed E-state index contributed by atoms with van der Waals surface area (Å²) < 4.78 is 0. The highest BCUT2D eigenvalue weighted by Crippen LogP contribution is 2.26. The molecule has 5 heteroatoms. The van der Waals surface area contributed by atoms with E-state index in [4.69, 9.17) is 23.2 Å². The Bertz CT molecular complexity index is 337. The molecule has 0 aliphatic heterocycles. The van der Waals surface area contributed by atoms with Gasteiger partial charge in [-0.25, -0.2) is 0 Å². The van der Waals surface area contributed by atoms with Crippen LogP contribution in [0.25, 0.3) is 0 Å². The van der Waals surface area contributed by atoms with Crippen LogP contribution in [-0.4, -0.2) is 16.2 Å². The number of aromatic nitrogens is 2. The Morgan fingerprint density at radius 3 is 2.60 bits per heavy atom. The Morgan fingerprint density at radius 2 is 1.87 bits per heavy atom. The Labute approximate surface area is 99.2 Å². The van der Waals surface area contributed by atoms with E-state index in [2.05, 4.69) is 15.5 Å². The van der Waals surface area contributed by atoms with Crippen LogP contribution in [0.4, 0.5) is 5.69 Å². The van der Waals surface area contributed by atoms with Crippen LogP contribution in [0.3, 0.4) is 0 Å². The number of nitrogens with zero attached hydrogens (tertiary/aromatic N) is 2. The minimum atomic E-state index is 0.373. The third-order valence-electron chi connectivity index (χ3n) is 2.68. The molecule has 0 aromatic carbocycles. The number of nitrogens with one attached hydrogen (secondary N) is 1. The number of halogens is 2. The highest BCUT2D eigenvalue weighted by Gasteiger charge is 2.14. The Kier molecular flexibility index (Phi) is 3.65. The van der Waals surface area contributed by atoms with Crippen molar-refractivity contribution in [3.05, 3.63) is 16.4 Å². The van der Waals surface area contributed by atoms with Gasteiger partial charge in [-0.1, -0.05) is 42.5 Å². The van der Waals surface area contributed by atoms with Crippen molar-refractivity contribution < 1.29 is 0 Å². The summed E-state index contributed by atoms with van der Waals surface area (Å²) in [7, 11) is 0. The first-order valence-electron chi connectivity index (χ1n) is 5.21. The topological polar surface area (TPSA) is 37.8 Å². The van der Waals surface area contributed by atoms with Gasteiger partial charge in [0.05, 0.1) is 5.69 Å². The Morgan fingerprint density at radius 1 is 1.13 bits per heavy atom. The highest BCUT2D eigenvalue weighted by molar-refractivity contribution is 6.33. The summed E-state index contributed by atoms with van der Waals surface area (Å²) in [6.45, 7) is 0. The van der Waals surface area contributed by atoms with Crippen molar-refractivity contribution in [2.75, 3.05) is 5.32 Å². The smallest absolute Gasteiger partial charge is 0.174 e. The first-order chi connectivity index (χ1) is 7.25. The average molecular weight is 246 g/mol. The van der Waals surface area contributed by atoms with E-state index in [-0.39, 0.29) is 0 Å². The molecule has 1 heterocycles. The van der Waals surface area contributed by atoms with Crippen LogP contribution < -0.4 is 5.32 Å². The van der Waals surface area contributed by atoms with Gasteiger partial charge in [0.2, 0.25) is 0 Å². The molecule has 15 heavy (non-hydrogen) atoms. The van der Waals surface area contributed by atoms with E-state index in [1.54, 1.807) is 6.07 Å². The molecule has 1 aliphatic rings. The maximum Gasteiger partial charge on any atom is 0.174 e. The fraction of sp³-hybridized carbons (Fsp3) is 0.600. The number of hydrogen-bond acceptors (Lipinski definition) is 3. The monoisotopic (exact) mass is 245 g/mol. The van der Waals surface area contributed by atoms with Gasteiger partial charge in [0, 0.05) is 12.1 Å². The summed E-state index contributed by atoms with van der Waals surface area (Å²) in [5.41, 5.74) is 0.795. The molecule has 1 aromatic heterocycles. The van der Waals surface area contributed by atoms with Crippen LogP contribution in [0.1, 0.15) is 32.1 Å². The molecule has 82 valence electrons. The normalized spacial score (nSPS) is 17.7. The zero-order chi connectivity index (χ0) is 10.7. The van der Waals surface area contributed by atoms with E-state index in [0.29, 0.717) is 16.3 Å². The summed E-state index contributed by atoms with van der Waals surface area (Å²) in [6, 6.07) is 2.22. The minimum absolute atomic E-state index is 0.373. The first kappa shape index (κ1) is 11.0. The van der Waals surface area contributed by atoms with E-state index in [0.717, 1.165) is 5.69 Å². The molecule has 0 bridgehead atoms. The molecule has 0 unspecified atom stereocenters. The molecule has 1 aliphatic carbocycles. The SMILES string of the molecule is Clc1cc(NC2CCCCC2)c(Cl)nn1. The second kappa shape index (κ2) is 4.99. The Hall–Kier alpha value is -0.540. The summed E-state index contributed by atoms with van der Waals surface area (Å²) in [6.07, 6.45) is 6.27. The van der Waals surface area contributed by atoms with Crippen molar-refractivity contribution in [1.82, 2.24) is 10.2 Å². The number of anilines is 1. The van der Waals surface area contributed by atoms with Gasteiger partial charge in [0.1, 0.15) is 0 Å². The fourth-order valence-corrected chi connectivity index (χ4v) is 2.21. The lowest BCUT2D eigenvalue weighted by atomic mass is 9.95. The second-order valence-electron chi connectivity index (χ2n) is 3.85. The fourth-order valence-electron chi connectivity index (χ4n) is 1.92. The largest absolute Gasteiger partial charge is 0.380 e. The molecule has 0 spiro atoms. The van der Waals surface area contributed by atoms with Crippen LogP contribution in [-0.2, 0) is 0 Å². The van der Waals surface area contributed by atoms with Gasteiger partial charge < -0.3 is 5.32 Å². The van der Waals surface area contributed by atoms with Gasteiger partial charge in [-0.3, -0.25) is 0 Å². The lowest BCUT2D eigenvalue weighted by Gasteiger charge is -2.23. The molecule has 1 fully saturated rings. The van der Waals surface area contributed by atoms with Crippen LogP contribution in [0.5, 0.6) is 0 Å². The summed E-state index contributed by atoms with van der Waals surface area (Å²) in [5.74, 6) is 0. The van der Waals surface area contributed by atoms with E-state index in [1.165, 1.54) is 32.1 Å². The number of hydrogen-bond donors (Lipinski definition) is 1. The third-order valence-corrected chi connectivity index (χ3v) is 3.15. The van der Waals surface area contributed by atoms with Gasteiger partial charge in [-0.2, -0.15) is 0 Å². The lowest BCUT2D eigenvalue weighted by molar-refractivity contribution is 0.462. The molecular weight excluding hydrogens is 233 g/mol. The van der Waals surface area contributed by atoms with E-state index in [9.17, 15) is 0 Å². The number of rotatable bonds is 2. The van der Waals surface area contributed by atoms with Crippen molar-refractivity contribution >= 4 is 28.9 Å². The van der Waals surface area contributed by atoms with Gasteiger partial charge in [-0.05, 0) is 12.8 Å². The lowest BCUT2D eigenvalue weighted by Crippen LogP contribution is -2.22. The van der Waals surface area contributed by atoms with Crippen LogP contribution in [0, 0.1) is 0 Å². The standard InChI is InChI=1S/C10H13Cl2N3/c11-9-6-8(10(12)15-14-9)13-7-4-2-1-3-5-7/h6-7H,1-5H2,(H,13,14). The Balaban J connectivity index is 2.05. The van der Waals surface area contributed by atoms with Gasteiger partial charge in [0.15, 0.2) is 10.3 Å². The molecule has 1 aromatic rings. The van der Waals surface area contributed by atoms with Crippen LogP contribution in [0.2, 0.25) is 10.3 Å². The molecule has 0 saturated heterocycles. The van der Waals surface area contributed by atoms with Gasteiger partial charge >= 0.3 is 0 Å². The maximum absolute atomic E-state index is 5.92. The van der Waals surface area contributed by atoms with E-state index in [1.807, 2.05) is 0 Å². The van der Waals surface area contributed by atoms with Crippen molar-refractivity contribution in [1.29, 1.82) is 0 Å². The zero-order valence-electron chi connectivity index (χ0n) is 8.34. The van der Waals surface area contributed by atoms with Crippen LogP contribution in [0.15, 0.2) is 6.07 Å². The van der Waals surface area contributed by atoms with Crippen molar-refractivity contribution in [2.45, 2.75) is 38.1 Å². The molecule has 1 saturated carbocycles. The second-order valence-corrected chi connectivity index (χ2v) is 4.60. The molecule has 2 rings (SSSR count). The van der Waals surface area contributed by atoms with Gasteiger partial charge in [-0.15, -0.1) is 10.2 Å². The minimum Gasteiger partial charge on any atom is -0.380 e. The quantitative estimate of drug-likeness (QED) is 0.867. The average Bonchev–Trinajstić information content (AvgIpc) is 2.25. The van der Waals surface area contributed by atoms with Crippen molar-refractivity contribution in [2.24, 2.45) is 0 Å². The molecule has 0 radical (unpaired) electrons. The van der Waals surface area contributed by atoms with E-state index < -0.39 is 0 Å². The summed E-state index contributed by atoms with van der Waals surface area (Å²) in [5, 5.41) is 11.6. The van der Waals surface area contributed by atoms with Crippen molar-refractivity contribution in [3.8, 4) is 0 Å². The summed E-state index contributed by atoms with van der Waals surface area (Å²) in [4.78, 5) is 0. The molecule has 0 atom stereocenters. The summed E-state index contributed by atoms with van der Waals surface area (Å²) >= 11 is 11.7. The van der Waals surface area contributed by atoms with Crippen LogP contribution >= 0.6 is 23.2 Å². The predicted octanol–water partition coefficient (Wildman–Crippen LogP) is 3.53. The first-order valence-corrected chi connectivity index (χ1v) is 5.96. The van der Waals surface area contributed by atoms with Gasteiger partial charge in [0.25, 0.3) is 0 Å². The third kappa shape index (κ3) is 2.95. The molecule has 0 amide bonds. The molecule has 3 nitrogen and oxygen atoms in total. The zero-order valence-corrected chi connectivity index (χ0v) is 9.85.